The number of pyridine rings is 1. The van der Waals surface area contributed by atoms with Crippen LogP contribution in [0.5, 0.6) is 0 Å². The van der Waals surface area contributed by atoms with Crippen LogP contribution in [0.4, 0.5) is 20.7 Å². The van der Waals surface area contributed by atoms with Crippen LogP contribution in [0.1, 0.15) is 60.5 Å². The fourth-order valence-electron chi connectivity index (χ4n) is 5.13. The molecule has 3 aliphatic heterocycles. The molecule has 0 saturated carbocycles. The molecule has 1 aromatic heterocycles. The number of benzene rings is 1. The van der Waals surface area contributed by atoms with Crippen molar-refractivity contribution >= 4 is 35.3 Å². The molecule has 194 valence electrons. The fourth-order valence-corrected chi connectivity index (χ4v) is 5.13. The van der Waals surface area contributed by atoms with Gasteiger partial charge in [0.05, 0.1) is 18.4 Å². The van der Waals surface area contributed by atoms with Gasteiger partial charge in [0.1, 0.15) is 24.3 Å². The second-order valence-corrected chi connectivity index (χ2v) is 9.65. The molecular weight excluding hydrogens is 481 g/mol. The second-order valence-electron chi connectivity index (χ2n) is 9.65. The zero-order valence-corrected chi connectivity index (χ0v) is 20.5. The second kappa shape index (κ2) is 10.2. The predicted octanol–water partition coefficient (Wildman–Crippen LogP) is 3.11. The summed E-state index contributed by atoms with van der Waals surface area (Å²) in [5.74, 6) is -1.21. The summed E-state index contributed by atoms with van der Waals surface area (Å²) in [6, 6.07) is 5.87. The van der Waals surface area contributed by atoms with E-state index in [0.29, 0.717) is 17.3 Å². The van der Waals surface area contributed by atoms with Gasteiger partial charge >= 0.3 is 6.09 Å². The zero-order valence-electron chi connectivity index (χ0n) is 20.5. The number of aromatic nitrogens is 1. The maximum absolute atomic E-state index is 14.8. The van der Waals surface area contributed by atoms with Crippen LogP contribution in [0.2, 0.25) is 0 Å². The lowest BCUT2D eigenvalue weighted by Gasteiger charge is -2.34. The Balaban J connectivity index is 1.19. The maximum atomic E-state index is 14.8. The summed E-state index contributed by atoms with van der Waals surface area (Å²) in [5.41, 5.74) is 1.07. The molecule has 0 spiro atoms. The number of nitrogens with zero attached hydrogens (tertiary/aromatic N) is 3. The number of ether oxygens (including phenoxy) is 1. The van der Waals surface area contributed by atoms with Crippen LogP contribution in [0.15, 0.2) is 30.5 Å². The number of piperidine rings is 2. The van der Waals surface area contributed by atoms with Gasteiger partial charge in [-0.2, -0.15) is 0 Å². The van der Waals surface area contributed by atoms with Crippen LogP contribution in [0, 0.1) is 5.82 Å². The standard InChI is InChI=1S/C26H28FN5O5/c1-15-4-2-3-9-31(15)22-7-5-17(12-28-22)29-26(36)37-14-16-10-18-19(20(27)11-16)13-32(25(18)35)21-6-8-23(33)30-24(21)34/h5,7,10-12,15,21H,2-4,6,8-9,13-14H2,1H3,(H,29,36)(H,30,33,34). The Morgan fingerprint density at radius 2 is 2.03 bits per heavy atom. The Labute approximate surface area is 213 Å². The van der Waals surface area contributed by atoms with Crippen LogP contribution in [0.3, 0.4) is 0 Å². The number of anilines is 2. The van der Waals surface area contributed by atoms with E-state index in [-0.39, 0.29) is 37.1 Å². The summed E-state index contributed by atoms with van der Waals surface area (Å²) in [6.07, 6.45) is 4.59. The molecule has 0 radical (unpaired) electrons. The van der Waals surface area contributed by atoms with Crippen LogP contribution >= 0.6 is 0 Å². The highest BCUT2D eigenvalue weighted by atomic mass is 19.1. The van der Waals surface area contributed by atoms with E-state index in [1.54, 1.807) is 12.3 Å². The molecule has 37 heavy (non-hydrogen) atoms. The first-order valence-corrected chi connectivity index (χ1v) is 12.4. The molecule has 2 fully saturated rings. The Kier molecular flexibility index (Phi) is 6.77. The largest absolute Gasteiger partial charge is 0.444 e. The smallest absolute Gasteiger partial charge is 0.412 e. The predicted molar refractivity (Wildman–Crippen MR) is 131 cm³/mol. The SMILES string of the molecule is CC1CCCCN1c1ccc(NC(=O)OCc2cc(F)c3c(c2)C(=O)N(C2CCC(=O)NC2=O)C3)cn1. The molecule has 4 heterocycles. The van der Waals surface area contributed by atoms with Crippen molar-refractivity contribution < 1.29 is 28.3 Å². The van der Waals surface area contributed by atoms with Gasteiger partial charge < -0.3 is 14.5 Å². The number of imide groups is 1. The third-order valence-corrected chi connectivity index (χ3v) is 7.12. The minimum Gasteiger partial charge on any atom is -0.444 e. The fraction of sp³-hybridized carbons (Fsp3) is 0.423. The van der Waals surface area contributed by atoms with Crippen LogP contribution in [0.25, 0.3) is 0 Å². The molecule has 10 nitrogen and oxygen atoms in total. The van der Waals surface area contributed by atoms with Gasteiger partial charge in [-0.15, -0.1) is 0 Å². The van der Waals surface area contributed by atoms with E-state index >= 15 is 0 Å². The topological polar surface area (TPSA) is 121 Å². The molecule has 2 saturated heterocycles. The summed E-state index contributed by atoms with van der Waals surface area (Å²) in [7, 11) is 0. The number of carbonyl (C=O) groups excluding carboxylic acids is 4. The highest BCUT2D eigenvalue weighted by Crippen LogP contribution is 2.30. The number of amides is 4. The molecule has 0 bridgehead atoms. The van der Waals surface area contributed by atoms with Gasteiger partial charge in [0.15, 0.2) is 0 Å². The first-order chi connectivity index (χ1) is 17.8. The summed E-state index contributed by atoms with van der Waals surface area (Å²) >= 11 is 0. The van der Waals surface area contributed by atoms with Crippen molar-refractivity contribution in [2.75, 3.05) is 16.8 Å². The number of carbonyl (C=O) groups is 4. The molecule has 5 rings (SSSR count). The Hall–Kier alpha value is -4.02. The quantitative estimate of drug-likeness (QED) is 0.594. The van der Waals surface area contributed by atoms with E-state index in [0.717, 1.165) is 25.2 Å². The molecule has 2 N–H and O–H groups in total. The highest BCUT2D eigenvalue weighted by molar-refractivity contribution is 6.05. The van der Waals surface area contributed by atoms with Gasteiger partial charge in [0.25, 0.3) is 5.91 Å². The zero-order chi connectivity index (χ0) is 26.1. The number of hydrogen-bond acceptors (Lipinski definition) is 7. The van der Waals surface area contributed by atoms with Crippen molar-refractivity contribution in [1.82, 2.24) is 15.2 Å². The van der Waals surface area contributed by atoms with E-state index in [9.17, 15) is 23.6 Å². The van der Waals surface area contributed by atoms with Crippen LogP contribution in [-0.2, 0) is 27.5 Å². The molecule has 2 unspecified atom stereocenters. The average molecular weight is 510 g/mol. The lowest BCUT2D eigenvalue weighted by atomic mass is 10.0. The molecule has 11 heteroatoms. The maximum Gasteiger partial charge on any atom is 0.412 e. The van der Waals surface area contributed by atoms with Gasteiger partial charge in [-0.05, 0) is 62.4 Å². The monoisotopic (exact) mass is 509 g/mol. The van der Waals surface area contributed by atoms with Crippen molar-refractivity contribution in [2.45, 2.75) is 64.3 Å². The first kappa shape index (κ1) is 24.7. The van der Waals surface area contributed by atoms with Gasteiger partial charge in [-0.3, -0.25) is 25.0 Å². The molecule has 2 aromatic rings. The summed E-state index contributed by atoms with van der Waals surface area (Å²) < 4.78 is 20.0. The summed E-state index contributed by atoms with van der Waals surface area (Å²) in [5, 5.41) is 4.82. The van der Waals surface area contributed by atoms with E-state index in [1.807, 2.05) is 6.07 Å². The molecule has 1 aromatic carbocycles. The number of rotatable bonds is 5. The number of hydrogen-bond donors (Lipinski definition) is 2. The molecular formula is C26H28FN5O5. The van der Waals surface area contributed by atoms with Crippen LogP contribution < -0.4 is 15.5 Å². The van der Waals surface area contributed by atoms with Crippen molar-refractivity contribution in [1.29, 1.82) is 0 Å². The third kappa shape index (κ3) is 5.11. The minimum absolute atomic E-state index is 0.0624. The lowest BCUT2D eigenvalue weighted by Crippen LogP contribution is -2.52. The number of halogens is 1. The number of nitrogens with one attached hydrogen (secondary N) is 2. The van der Waals surface area contributed by atoms with Gasteiger partial charge in [0, 0.05) is 30.1 Å². The Morgan fingerprint density at radius 1 is 1.19 bits per heavy atom. The van der Waals surface area contributed by atoms with Crippen molar-refractivity contribution in [2.24, 2.45) is 0 Å². The van der Waals surface area contributed by atoms with E-state index in [4.69, 9.17) is 4.74 Å². The molecule has 0 aliphatic carbocycles. The van der Waals surface area contributed by atoms with E-state index < -0.39 is 35.7 Å². The normalized spacial score (nSPS) is 21.5. The van der Waals surface area contributed by atoms with Crippen molar-refractivity contribution in [3.8, 4) is 0 Å². The third-order valence-electron chi connectivity index (χ3n) is 7.12. The number of fused-ring (bicyclic) bond motifs is 1. The highest BCUT2D eigenvalue weighted by Gasteiger charge is 2.40. The Morgan fingerprint density at radius 3 is 2.76 bits per heavy atom. The van der Waals surface area contributed by atoms with Crippen molar-refractivity contribution in [3.63, 3.8) is 0 Å². The average Bonchev–Trinajstić information content (AvgIpc) is 3.20. The van der Waals surface area contributed by atoms with Gasteiger partial charge in [0.2, 0.25) is 11.8 Å². The van der Waals surface area contributed by atoms with E-state index in [2.05, 4.69) is 27.4 Å². The van der Waals surface area contributed by atoms with Gasteiger partial charge in [-0.25, -0.2) is 14.2 Å². The van der Waals surface area contributed by atoms with Gasteiger partial charge in [-0.1, -0.05) is 0 Å². The van der Waals surface area contributed by atoms with Crippen molar-refractivity contribution in [3.05, 3.63) is 53.0 Å². The first-order valence-electron chi connectivity index (χ1n) is 12.4. The minimum atomic E-state index is -0.833. The lowest BCUT2D eigenvalue weighted by molar-refractivity contribution is -0.136. The molecule has 4 amide bonds. The summed E-state index contributed by atoms with van der Waals surface area (Å²) in [6.45, 7) is 2.81. The Bertz CT molecular complexity index is 1250. The molecule has 3 aliphatic rings. The van der Waals surface area contributed by atoms with E-state index in [1.165, 1.54) is 23.5 Å². The summed E-state index contributed by atoms with van der Waals surface area (Å²) in [4.78, 5) is 56.8. The van der Waals surface area contributed by atoms with Crippen LogP contribution in [-0.4, -0.2) is 52.3 Å². The molecule has 2 atom stereocenters.